The van der Waals surface area contributed by atoms with Crippen molar-refractivity contribution < 1.29 is 4.74 Å². The third kappa shape index (κ3) is 10.2. The van der Waals surface area contributed by atoms with E-state index in [1.165, 1.54) is 0 Å². The van der Waals surface area contributed by atoms with Gasteiger partial charge in [0.1, 0.15) is 12.4 Å². The van der Waals surface area contributed by atoms with Crippen LogP contribution in [0.25, 0.3) is 0 Å². The number of likely N-dealkylation sites (N-methyl/N-ethyl adjacent to an activating group) is 1. The standard InChI is InChI=1S/C18H32N4OS.HI/c1-18(2,24-6)14-21-17(19-3)20-13-15-9-7-8-10-16(15)23-12-11-22(4)5;/h7-10H,11-14H2,1-6H3,(H2,19,20,21);1H. The van der Waals surface area contributed by atoms with E-state index >= 15 is 0 Å². The van der Waals surface area contributed by atoms with E-state index < -0.39 is 0 Å². The maximum atomic E-state index is 5.90. The fourth-order valence-electron chi connectivity index (χ4n) is 1.90. The van der Waals surface area contributed by atoms with Crippen LogP contribution in [0.4, 0.5) is 0 Å². The quantitative estimate of drug-likeness (QED) is 0.323. The van der Waals surface area contributed by atoms with Crippen LogP contribution in [0.1, 0.15) is 19.4 Å². The van der Waals surface area contributed by atoms with Crippen LogP contribution in [-0.2, 0) is 6.54 Å². The van der Waals surface area contributed by atoms with Gasteiger partial charge in [-0.25, -0.2) is 0 Å². The topological polar surface area (TPSA) is 48.9 Å². The van der Waals surface area contributed by atoms with Crippen molar-refractivity contribution in [2.75, 3.05) is 47.1 Å². The first kappa shape index (κ1) is 24.3. The number of guanidine groups is 1. The van der Waals surface area contributed by atoms with Crippen LogP contribution in [0.5, 0.6) is 5.75 Å². The highest BCUT2D eigenvalue weighted by Crippen LogP contribution is 2.20. The lowest BCUT2D eigenvalue weighted by Gasteiger charge is -2.24. The van der Waals surface area contributed by atoms with Crippen molar-refractivity contribution in [3.8, 4) is 5.75 Å². The number of ether oxygens (including phenoxy) is 1. The Bertz CT molecular complexity index is 524. The lowest BCUT2D eigenvalue weighted by Crippen LogP contribution is -2.43. The molecule has 0 aromatic heterocycles. The summed E-state index contributed by atoms with van der Waals surface area (Å²) in [6.45, 7) is 7.54. The zero-order valence-electron chi connectivity index (χ0n) is 16.3. The smallest absolute Gasteiger partial charge is 0.191 e. The van der Waals surface area contributed by atoms with E-state index in [9.17, 15) is 0 Å². The molecule has 0 unspecified atom stereocenters. The molecule has 0 bridgehead atoms. The number of rotatable bonds is 9. The van der Waals surface area contributed by atoms with Gasteiger partial charge >= 0.3 is 0 Å². The molecule has 0 aliphatic rings. The summed E-state index contributed by atoms with van der Waals surface area (Å²) in [5.41, 5.74) is 1.13. The van der Waals surface area contributed by atoms with E-state index in [0.717, 1.165) is 30.4 Å². The molecule has 0 heterocycles. The van der Waals surface area contributed by atoms with Gasteiger partial charge in [-0.05, 0) is 40.3 Å². The van der Waals surface area contributed by atoms with E-state index in [4.69, 9.17) is 4.74 Å². The first-order valence-corrected chi connectivity index (χ1v) is 9.45. The van der Waals surface area contributed by atoms with E-state index in [1.807, 2.05) is 44.1 Å². The summed E-state index contributed by atoms with van der Waals surface area (Å²) >= 11 is 1.84. The number of halogens is 1. The minimum atomic E-state index is 0. The molecule has 0 saturated heterocycles. The molecular weight excluding hydrogens is 447 g/mol. The number of benzene rings is 1. The van der Waals surface area contributed by atoms with Crippen LogP contribution in [0.15, 0.2) is 29.3 Å². The van der Waals surface area contributed by atoms with Gasteiger partial charge in [-0.3, -0.25) is 4.99 Å². The summed E-state index contributed by atoms with van der Waals surface area (Å²) in [5, 5.41) is 6.74. The molecule has 0 aliphatic carbocycles. The van der Waals surface area contributed by atoms with Crippen molar-refractivity contribution in [1.29, 1.82) is 0 Å². The van der Waals surface area contributed by atoms with Gasteiger partial charge in [0, 0.05) is 37.0 Å². The summed E-state index contributed by atoms with van der Waals surface area (Å²) in [4.78, 5) is 6.40. The average molecular weight is 480 g/mol. The number of hydrogen-bond donors (Lipinski definition) is 2. The van der Waals surface area contributed by atoms with Gasteiger partial charge in [-0.15, -0.1) is 24.0 Å². The lowest BCUT2D eigenvalue weighted by atomic mass is 10.2. The van der Waals surface area contributed by atoms with Crippen molar-refractivity contribution >= 4 is 41.7 Å². The van der Waals surface area contributed by atoms with Crippen LogP contribution in [0.3, 0.4) is 0 Å². The van der Waals surface area contributed by atoms with Gasteiger partial charge in [-0.2, -0.15) is 11.8 Å². The Balaban J connectivity index is 0.00000576. The molecule has 0 atom stereocenters. The number of aliphatic imine (C=N–C) groups is 1. The predicted molar refractivity (Wildman–Crippen MR) is 122 cm³/mol. The fourth-order valence-corrected chi connectivity index (χ4v) is 2.11. The van der Waals surface area contributed by atoms with Gasteiger partial charge in [-0.1, -0.05) is 18.2 Å². The fraction of sp³-hybridized carbons (Fsp3) is 0.611. The maximum Gasteiger partial charge on any atom is 0.191 e. The Morgan fingerprint density at radius 3 is 2.52 bits per heavy atom. The molecule has 0 fully saturated rings. The summed E-state index contributed by atoms with van der Waals surface area (Å²) in [5.74, 6) is 1.73. The Labute approximate surface area is 174 Å². The van der Waals surface area contributed by atoms with E-state index in [1.54, 1.807) is 7.05 Å². The molecular formula is C18H33IN4OS. The van der Waals surface area contributed by atoms with Crippen LogP contribution in [-0.4, -0.2) is 62.7 Å². The summed E-state index contributed by atoms with van der Waals surface area (Å²) in [7, 11) is 5.88. The van der Waals surface area contributed by atoms with Gasteiger partial charge in [0.2, 0.25) is 0 Å². The van der Waals surface area contributed by atoms with Gasteiger partial charge in [0.25, 0.3) is 0 Å². The number of para-hydroxylation sites is 1. The van der Waals surface area contributed by atoms with E-state index in [0.29, 0.717) is 13.2 Å². The number of nitrogens with zero attached hydrogens (tertiary/aromatic N) is 2. The van der Waals surface area contributed by atoms with Gasteiger partial charge in [0.05, 0.1) is 0 Å². The van der Waals surface area contributed by atoms with E-state index in [-0.39, 0.29) is 28.7 Å². The highest BCUT2D eigenvalue weighted by Gasteiger charge is 2.16. The van der Waals surface area contributed by atoms with Crippen molar-refractivity contribution in [2.45, 2.75) is 25.1 Å². The minimum absolute atomic E-state index is 0. The first-order chi connectivity index (χ1) is 11.4. The first-order valence-electron chi connectivity index (χ1n) is 8.23. The second kappa shape index (κ2) is 12.6. The average Bonchev–Trinajstić information content (AvgIpc) is 2.56. The Hall–Kier alpha value is -0.670. The molecule has 25 heavy (non-hydrogen) atoms. The number of hydrogen-bond acceptors (Lipinski definition) is 4. The molecule has 1 rings (SSSR count). The minimum Gasteiger partial charge on any atom is -0.492 e. The molecule has 0 spiro atoms. The van der Waals surface area contributed by atoms with Crippen LogP contribution in [0, 0.1) is 0 Å². The molecule has 5 nitrogen and oxygen atoms in total. The molecule has 0 radical (unpaired) electrons. The third-order valence-corrected chi connectivity index (χ3v) is 4.92. The summed E-state index contributed by atoms with van der Waals surface area (Å²) < 4.78 is 6.07. The van der Waals surface area contributed by atoms with Crippen LogP contribution in [0.2, 0.25) is 0 Å². The molecule has 0 saturated carbocycles. The molecule has 0 aliphatic heterocycles. The second-order valence-electron chi connectivity index (χ2n) is 6.50. The predicted octanol–water partition coefficient (Wildman–Crippen LogP) is 3.05. The third-order valence-electron chi connectivity index (χ3n) is 3.67. The van der Waals surface area contributed by atoms with Crippen molar-refractivity contribution in [3.05, 3.63) is 29.8 Å². The monoisotopic (exact) mass is 480 g/mol. The normalized spacial score (nSPS) is 11.9. The maximum absolute atomic E-state index is 5.90. The van der Waals surface area contributed by atoms with E-state index in [2.05, 4.69) is 46.7 Å². The molecule has 1 aromatic carbocycles. The summed E-state index contributed by atoms with van der Waals surface area (Å²) in [6.07, 6.45) is 2.12. The molecule has 2 N–H and O–H groups in total. The molecule has 1 aromatic rings. The van der Waals surface area contributed by atoms with Crippen molar-refractivity contribution in [1.82, 2.24) is 15.5 Å². The summed E-state index contributed by atoms with van der Waals surface area (Å²) in [6, 6.07) is 8.13. The Kier molecular flexibility index (Phi) is 12.3. The number of thioether (sulfide) groups is 1. The highest BCUT2D eigenvalue weighted by atomic mass is 127. The Morgan fingerprint density at radius 2 is 1.92 bits per heavy atom. The SMILES string of the molecule is CN=C(NCc1ccccc1OCCN(C)C)NCC(C)(C)SC.I. The number of nitrogens with one attached hydrogen (secondary N) is 2. The Morgan fingerprint density at radius 1 is 1.24 bits per heavy atom. The zero-order valence-corrected chi connectivity index (χ0v) is 19.4. The zero-order chi connectivity index (χ0) is 18.0. The lowest BCUT2D eigenvalue weighted by molar-refractivity contribution is 0.259. The molecule has 0 amide bonds. The second-order valence-corrected chi connectivity index (χ2v) is 8.02. The van der Waals surface area contributed by atoms with Crippen molar-refractivity contribution in [2.24, 2.45) is 4.99 Å². The largest absolute Gasteiger partial charge is 0.492 e. The van der Waals surface area contributed by atoms with Gasteiger partial charge in [0.15, 0.2) is 5.96 Å². The molecule has 144 valence electrons. The van der Waals surface area contributed by atoms with Gasteiger partial charge < -0.3 is 20.3 Å². The van der Waals surface area contributed by atoms with Crippen molar-refractivity contribution in [3.63, 3.8) is 0 Å². The molecule has 7 heteroatoms. The highest BCUT2D eigenvalue weighted by molar-refractivity contribution is 14.0. The van der Waals surface area contributed by atoms with Crippen LogP contribution < -0.4 is 15.4 Å². The van der Waals surface area contributed by atoms with Crippen LogP contribution >= 0.6 is 35.7 Å².